The Labute approximate surface area is 119 Å². The number of thioether (sulfide) groups is 1. The maximum atomic E-state index is 5.82. The zero-order valence-corrected chi connectivity index (χ0v) is 12.7. The van der Waals surface area contributed by atoms with Gasteiger partial charge >= 0.3 is 0 Å². The van der Waals surface area contributed by atoms with Crippen molar-refractivity contribution in [3.63, 3.8) is 0 Å². The zero-order valence-electron chi connectivity index (χ0n) is 9.52. The van der Waals surface area contributed by atoms with Crippen LogP contribution in [-0.2, 0) is 5.75 Å². The van der Waals surface area contributed by atoms with Crippen LogP contribution in [0.4, 0.5) is 0 Å². The van der Waals surface area contributed by atoms with E-state index >= 15 is 0 Å². The lowest BCUT2D eigenvalue weighted by molar-refractivity contribution is 0.817. The summed E-state index contributed by atoms with van der Waals surface area (Å²) in [6, 6.07) is 10.8. The Morgan fingerprint density at radius 3 is 2.59 bits per heavy atom. The molecule has 1 heterocycles. The van der Waals surface area contributed by atoms with Gasteiger partial charge in [-0.1, -0.05) is 12.1 Å². The number of thiophene rings is 1. The summed E-state index contributed by atoms with van der Waals surface area (Å²) in [4.78, 5) is 2.68. The molecule has 0 spiro atoms. The number of benzene rings is 1. The minimum absolute atomic E-state index is 0.113. The molecule has 2 rings (SSSR count). The highest BCUT2D eigenvalue weighted by molar-refractivity contribution is 9.10. The molecule has 0 fully saturated rings. The van der Waals surface area contributed by atoms with E-state index in [1.54, 1.807) is 11.3 Å². The van der Waals surface area contributed by atoms with Crippen molar-refractivity contribution >= 4 is 39.0 Å². The van der Waals surface area contributed by atoms with Crippen molar-refractivity contribution in [3.8, 4) is 0 Å². The third-order valence-electron chi connectivity index (χ3n) is 2.41. The van der Waals surface area contributed by atoms with Gasteiger partial charge in [-0.15, -0.1) is 23.1 Å². The van der Waals surface area contributed by atoms with E-state index in [0.717, 1.165) is 5.75 Å². The quantitative estimate of drug-likeness (QED) is 0.814. The summed E-state index contributed by atoms with van der Waals surface area (Å²) in [7, 11) is 0. The first-order chi connectivity index (χ1) is 8.15. The number of halogens is 1. The Bertz CT molecular complexity index is 476. The summed E-state index contributed by atoms with van der Waals surface area (Å²) in [6.07, 6.45) is 0. The van der Waals surface area contributed by atoms with Gasteiger partial charge < -0.3 is 5.73 Å². The second kappa shape index (κ2) is 6.05. The molecule has 1 atom stereocenters. The Morgan fingerprint density at radius 1 is 1.35 bits per heavy atom. The molecule has 2 N–H and O–H groups in total. The molecule has 0 amide bonds. The van der Waals surface area contributed by atoms with Crippen molar-refractivity contribution in [2.24, 2.45) is 5.73 Å². The van der Waals surface area contributed by atoms with E-state index in [4.69, 9.17) is 5.73 Å². The molecule has 1 nitrogen and oxygen atoms in total. The molecule has 0 aliphatic heterocycles. The number of hydrogen-bond acceptors (Lipinski definition) is 3. The Morgan fingerprint density at radius 2 is 2.06 bits per heavy atom. The van der Waals surface area contributed by atoms with Gasteiger partial charge in [0.15, 0.2) is 0 Å². The maximum absolute atomic E-state index is 5.82. The van der Waals surface area contributed by atoms with Crippen LogP contribution in [0.1, 0.15) is 23.4 Å². The minimum Gasteiger partial charge on any atom is -0.324 e. The Kier molecular flexibility index (Phi) is 4.68. The first-order valence-corrected chi connectivity index (χ1v) is 8.02. The molecule has 90 valence electrons. The Balaban J connectivity index is 1.95. The first kappa shape index (κ1) is 13.1. The van der Waals surface area contributed by atoms with E-state index in [-0.39, 0.29) is 6.04 Å². The lowest BCUT2D eigenvalue weighted by Gasteiger charge is -2.06. The lowest BCUT2D eigenvalue weighted by atomic mass is 10.1. The van der Waals surface area contributed by atoms with Gasteiger partial charge in [0.05, 0.1) is 0 Å². The Hall–Kier alpha value is -0.290. The van der Waals surface area contributed by atoms with Crippen molar-refractivity contribution < 1.29 is 0 Å². The molecule has 0 bridgehead atoms. The van der Waals surface area contributed by atoms with Gasteiger partial charge in [0.2, 0.25) is 0 Å². The smallest absolute Gasteiger partial charge is 0.0326 e. The zero-order chi connectivity index (χ0) is 12.3. The second-order valence-electron chi connectivity index (χ2n) is 3.88. The third kappa shape index (κ3) is 3.85. The fourth-order valence-electron chi connectivity index (χ4n) is 1.45. The molecule has 1 aromatic heterocycles. The highest BCUT2D eigenvalue weighted by Crippen LogP contribution is 2.28. The van der Waals surface area contributed by atoms with E-state index in [2.05, 4.69) is 51.6 Å². The van der Waals surface area contributed by atoms with Crippen LogP contribution >= 0.6 is 39.0 Å². The summed E-state index contributed by atoms with van der Waals surface area (Å²) in [6.45, 7) is 2.01. The molecule has 0 aliphatic carbocycles. The topological polar surface area (TPSA) is 26.0 Å². The molecule has 17 heavy (non-hydrogen) atoms. The monoisotopic (exact) mass is 327 g/mol. The molecule has 1 unspecified atom stereocenters. The fraction of sp³-hybridized carbons (Fsp3) is 0.231. The predicted octanol–water partition coefficient (Wildman–Crippen LogP) is 4.82. The molecule has 0 radical (unpaired) electrons. The van der Waals surface area contributed by atoms with Crippen LogP contribution < -0.4 is 5.73 Å². The van der Waals surface area contributed by atoms with Crippen molar-refractivity contribution in [1.29, 1.82) is 0 Å². The maximum Gasteiger partial charge on any atom is 0.0326 e. The van der Waals surface area contributed by atoms with Crippen molar-refractivity contribution in [3.05, 3.63) is 50.6 Å². The van der Waals surface area contributed by atoms with Crippen molar-refractivity contribution in [2.45, 2.75) is 23.6 Å². The van der Waals surface area contributed by atoms with E-state index in [0.29, 0.717) is 0 Å². The van der Waals surface area contributed by atoms with Crippen molar-refractivity contribution in [1.82, 2.24) is 0 Å². The molecule has 0 saturated heterocycles. The summed E-state index contributed by atoms with van der Waals surface area (Å²) in [5.74, 6) is 1.02. The average Bonchev–Trinajstić information content (AvgIpc) is 2.73. The predicted molar refractivity (Wildman–Crippen MR) is 80.6 cm³/mol. The second-order valence-corrected chi connectivity index (χ2v) is 6.84. The number of rotatable bonds is 4. The number of hydrogen-bond donors (Lipinski definition) is 1. The third-order valence-corrected chi connectivity index (χ3v) is 5.35. The van der Waals surface area contributed by atoms with Crippen LogP contribution in [-0.4, -0.2) is 0 Å². The standard InChI is InChI=1S/C13H14BrNS2/c1-9(15)10-2-4-12(5-3-10)17-8-13-6-11(14)7-16-13/h2-7,9H,8,15H2,1H3. The van der Waals surface area contributed by atoms with Gasteiger partial charge in [-0.05, 0) is 46.6 Å². The summed E-state index contributed by atoms with van der Waals surface area (Å²) < 4.78 is 1.17. The minimum atomic E-state index is 0.113. The van der Waals surface area contributed by atoms with Gasteiger partial charge in [0, 0.05) is 31.4 Å². The van der Waals surface area contributed by atoms with Crippen LogP contribution in [0.25, 0.3) is 0 Å². The average molecular weight is 328 g/mol. The summed E-state index contributed by atoms with van der Waals surface area (Å²) in [5.41, 5.74) is 7.01. The summed E-state index contributed by atoms with van der Waals surface area (Å²) >= 11 is 7.12. The van der Waals surface area contributed by atoms with Crippen LogP contribution in [0.2, 0.25) is 0 Å². The fourth-order valence-corrected chi connectivity index (χ4v) is 3.86. The summed E-state index contributed by atoms with van der Waals surface area (Å²) in [5, 5.41) is 2.12. The van der Waals surface area contributed by atoms with E-state index in [1.165, 1.54) is 19.8 Å². The van der Waals surface area contributed by atoms with Gasteiger partial charge in [0.1, 0.15) is 0 Å². The van der Waals surface area contributed by atoms with E-state index in [1.807, 2.05) is 18.7 Å². The highest BCUT2D eigenvalue weighted by Gasteiger charge is 2.01. The van der Waals surface area contributed by atoms with Crippen LogP contribution in [0.5, 0.6) is 0 Å². The van der Waals surface area contributed by atoms with Crippen LogP contribution in [0.3, 0.4) is 0 Å². The largest absolute Gasteiger partial charge is 0.324 e. The highest BCUT2D eigenvalue weighted by atomic mass is 79.9. The molecule has 1 aromatic carbocycles. The SMILES string of the molecule is CC(N)c1ccc(SCc2cc(Br)cs2)cc1. The van der Waals surface area contributed by atoms with Crippen molar-refractivity contribution in [2.75, 3.05) is 0 Å². The first-order valence-electron chi connectivity index (χ1n) is 5.36. The van der Waals surface area contributed by atoms with E-state index < -0.39 is 0 Å². The van der Waals surface area contributed by atoms with Crippen LogP contribution in [0, 0.1) is 0 Å². The molecular weight excluding hydrogens is 314 g/mol. The van der Waals surface area contributed by atoms with Gasteiger partial charge in [-0.3, -0.25) is 0 Å². The molecule has 0 saturated carbocycles. The normalized spacial score (nSPS) is 12.6. The molecule has 0 aliphatic rings. The lowest BCUT2D eigenvalue weighted by Crippen LogP contribution is -2.04. The van der Waals surface area contributed by atoms with Gasteiger partial charge in [0.25, 0.3) is 0 Å². The van der Waals surface area contributed by atoms with Crippen LogP contribution in [0.15, 0.2) is 45.1 Å². The molecule has 4 heteroatoms. The van der Waals surface area contributed by atoms with E-state index in [9.17, 15) is 0 Å². The number of nitrogens with two attached hydrogens (primary N) is 1. The molecular formula is C13H14BrNS2. The van der Waals surface area contributed by atoms with Gasteiger partial charge in [-0.2, -0.15) is 0 Å². The van der Waals surface area contributed by atoms with Gasteiger partial charge in [-0.25, -0.2) is 0 Å². The molecule has 2 aromatic rings.